The molecule has 53 heavy (non-hydrogen) atoms. The van der Waals surface area contributed by atoms with Gasteiger partial charge in [-0.2, -0.15) is 15.0 Å². The van der Waals surface area contributed by atoms with E-state index in [1.807, 2.05) is 18.2 Å². The maximum atomic E-state index is 5.15. The van der Waals surface area contributed by atoms with Crippen molar-refractivity contribution in [2.75, 3.05) is 31.5 Å². The molecule has 0 aliphatic heterocycles. The predicted molar refractivity (Wildman–Crippen MR) is 234 cm³/mol. The molecule has 0 bridgehead atoms. The predicted octanol–water partition coefficient (Wildman–Crippen LogP) is 11.6. The van der Waals surface area contributed by atoms with Gasteiger partial charge in [-0.05, 0) is 61.5 Å². The largest absolute Gasteiger partial charge is 0.324 e. The molecule has 0 radical (unpaired) electrons. The summed E-state index contributed by atoms with van der Waals surface area (Å²) in [5.74, 6) is 3.23. The molecule has 0 saturated heterocycles. The lowest BCUT2D eigenvalue weighted by molar-refractivity contribution is 0.370. The molecule has 5 N–H and O–H groups in total. The Labute approximate surface area is 335 Å². The van der Waals surface area contributed by atoms with Gasteiger partial charge in [-0.25, -0.2) is 0 Å². The van der Waals surface area contributed by atoms with Crippen molar-refractivity contribution >= 4 is 35.2 Å². The molecule has 0 fully saturated rings. The summed E-state index contributed by atoms with van der Waals surface area (Å²) < 4.78 is 0. The first-order valence-electron chi connectivity index (χ1n) is 21.8. The van der Waals surface area contributed by atoms with Crippen LogP contribution < -0.4 is 26.6 Å². The molecule has 4 unspecified atom stereocenters. The maximum Gasteiger partial charge on any atom is 0.232 e. The molecule has 0 spiro atoms. The number of unbranched alkanes of at least 4 members (excludes halogenated alkanes) is 4. The Hall–Kier alpha value is -1.43. The number of rotatable bonds is 34. The SMILES string of the molecule is CCCCC(CC)CNC(NCC(CC)CCCC)Sc1nc(Nc2ccccc2)nc(SC(NCC(CC)CCCC)NCC(CC)CCCC)n1. The van der Waals surface area contributed by atoms with E-state index in [4.69, 9.17) is 15.0 Å². The van der Waals surface area contributed by atoms with Gasteiger partial charge in [0.05, 0.1) is 0 Å². The van der Waals surface area contributed by atoms with E-state index in [0.29, 0.717) is 29.6 Å². The van der Waals surface area contributed by atoms with Gasteiger partial charge in [0.15, 0.2) is 10.3 Å². The van der Waals surface area contributed by atoms with Crippen LogP contribution in [0.4, 0.5) is 11.6 Å². The Balaban J connectivity index is 2.41. The van der Waals surface area contributed by atoms with E-state index in [-0.39, 0.29) is 11.0 Å². The smallest absolute Gasteiger partial charge is 0.232 e. The van der Waals surface area contributed by atoms with Crippen molar-refractivity contribution in [1.29, 1.82) is 0 Å². The molecule has 0 amide bonds. The summed E-state index contributed by atoms with van der Waals surface area (Å²) in [7, 11) is 0. The van der Waals surface area contributed by atoms with Gasteiger partial charge >= 0.3 is 0 Å². The van der Waals surface area contributed by atoms with Crippen molar-refractivity contribution in [2.24, 2.45) is 23.7 Å². The fourth-order valence-corrected chi connectivity index (χ4v) is 8.29. The Bertz CT molecular complexity index is 1040. The highest BCUT2D eigenvalue weighted by Gasteiger charge is 2.21. The molecule has 1 heterocycles. The summed E-state index contributed by atoms with van der Waals surface area (Å²) in [6, 6.07) is 10.2. The van der Waals surface area contributed by atoms with Crippen LogP contribution in [0.2, 0.25) is 0 Å². The fourth-order valence-electron chi connectivity index (χ4n) is 6.54. The lowest BCUT2D eigenvalue weighted by Crippen LogP contribution is -2.44. The molecular formula is C43H80N8S2. The summed E-state index contributed by atoms with van der Waals surface area (Å²) in [5, 5.41) is 20.6. The standard InChI is InChI=1S/C43H80N8S2/c1-9-17-24-34(13-5)30-44-40(45-31-35(14-6)25-18-10-2)52-42-49-39(48-38-28-22-21-23-29-38)50-43(51-42)53-41(46-32-36(15-7)26-19-11-3)47-33-37(16-8)27-20-12-4/h21-23,28-29,34-37,40-41,44-47H,9-20,24-27,30-33H2,1-8H3,(H,48,49,50,51). The normalized spacial score (nSPS) is 15.2. The molecule has 0 aliphatic rings. The zero-order chi connectivity index (χ0) is 38.5. The summed E-state index contributed by atoms with van der Waals surface area (Å²) in [5.41, 5.74) is 0.981. The van der Waals surface area contributed by atoms with Crippen molar-refractivity contribution in [3.63, 3.8) is 0 Å². The van der Waals surface area contributed by atoms with Crippen LogP contribution in [0.5, 0.6) is 0 Å². The number of hydrogen-bond acceptors (Lipinski definition) is 10. The van der Waals surface area contributed by atoms with Crippen molar-refractivity contribution in [3.8, 4) is 0 Å². The van der Waals surface area contributed by atoms with Gasteiger partial charge < -0.3 is 5.32 Å². The third-order valence-corrected chi connectivity index (χ3v) is 12.5. The summed E-state index contributed by atoms with van der Waals surface area (Å²) >= 11 is 3.38. The number of aromatic nitrogens is 3. The topological polar surface area (TPSA) is 98.8 Å². The average molecular weight is 773 g/mol. The highest BCUT2D eigenvalue weighted by molar-refractivity contribution is 8.00. The van der Waals surface area contributed by atoms with Crippen molar-refractivity contribution in [2.45, 2.75) is 179 Å². The third-order valence-electron chi connectivity index (χ3n) is 10.6. The Morgan fingerprint density at radius 1 is 0.472 bits per heavy atom. The molecule has 2 aromatic rings. The van der Waals surface area contributed by atoms with Gasteiger partial charge in [-0.1, -0.05) is 174 Å². The van der Waals surface area contributed by atoms with Crippen LogP contribution in [0.3, 0.4) is 0 Å². The average Bonchev–Trinajstić information content (AvgIpc) is 3.18. The molecule has 1 aromatic carbocycles. The highest BCUT2D eigenvalue weighted by Crippen LogP contribution is 2.27. The number of para-hydroxylation sites is 1. The van der Waals surface area contributed by atoms with E-state index in [9.17, 15) is 0 Å². The molecule has 4 atom stereocenters. The summed E-state index contributed by atoms with van der Waals surface area (Å²) in [6.07, 6.45) is 19.9. The van der Waals surface area contributed by atoms with E-state index in [1.165, 1.54) is 103 Å². The number of thioether (sulfide) groups is 2. The van der Waals surface area contributed by atoms with Crippen LogP contribution in [-0.2, 0) is 0 Å². The van der Waals surface area contributed by atoms with Crippen molar-refractivity contribution in [1.82, 2.24) is 36.2 Å². The van der Waals surface area contributed by atoms with Crippen LogP contribution in [0.25, 0.3) is 0 Å². The van der Waals surface area contributed by atoms with Crippen molar-refractivity contribution < 1.29 is 0 Å². The third kappa shape index (κ3) is 21.5. The lowest BCUT2D eigenvalue weighted by Gasteiger charge is -2.26. The number of anilines is 2. The first-order chi connectivity index (χ1) is 25.9. The zero-order valence-electron chi connectivity index (χ0n) is 35.2. The van der Waals surface area contributed by atoms with Gasteiger partial charge in [0, 0.05) is 31.9 Å². The second-order valence-corrected chi connectivity index (χ2v) is 17.2. The Morgan fingerprint density at radius 2 is 0.811 bits per heavy atom. The Kier molecular flexibility index (Phi) is 27.7. The minimum Gasteiger partial charge on any atom is -0.324 e. The monoisotopic (exact) mass is 773 g/mol. The molecule has 0 saturated carbocycles. The molecule has 10 heteroatoms. The first kappa shape index (κ1) is 47.7. The van der Waals surface area contributed by atoms with Crippen LogP contribution in [0.15, 0.2) is 40.6 Å². The van der Waals surface area contributed by atoms with E-state index < -0.39 is 0 Å². The van der Waals surface area contributed by atoms with Crippen LogP contribution >= 0.6 is 23.5 Å². The van der Waals surface area contributed by atoms with Gasteiger partial charge in [-0.15, -0.1) is 0 Å². The number of nitrogens with zero attached hydrogens (tertiary/aromatic N) is 3. The van der Waals surface area contributed by atoms with Gasteiger partial charge in [-0.3, -0.25) is 21.3 Å². The fraction of sp³-hybridized carbons (Fsp3) is 0.791. The molecular weight excluding hydrogens is 693 g/mol. The molecule has 304 valence electrons. The van der Waals surface area contributed by atoms with Crippen LogP contribution in [0, 0.1) is 23.7 Å². The zero-order valence-corrected chi connectivity index (χ0v) is 36.8. The van der Waals surface area contributed by atoms with Gasteiger partial charge in [0.2, 0.25) is 5.95 Å². The van der Waals surface area contributed by atoms with Crippen LogP contribution in [0.1, 0.15) is 158 Å². The van der Waals surface area contributed by atoms with Gasteiger partial charge in [0.25, 0.3) is 0 Å². The van der Waals surface area contributed by atoms with E-state index in [0.717, 1.165) is 42.2 Å². The Morgan fingerprint density at radius 3 is 1.11 bits per heavy atom. The van der Waals surface area contributed by atoms with Crippen molar-refractivity contribution in [3.05, 3.63) is 30.3 Å². The maximum absolute atomic E-state index is 5.15. The van der Waals surface area contributed by atoms with Gasteiger partial charge in [0.1, 0.15) is 11.0 Å². The number of hydrogen-bond donors (Lipinski definition) is 5. The minimum atomic E-state index is 0.00554. The van der Waals surface area contributed by atoms with Crippen LogP contribution in [-0.4, -0.2) is 52.1 Å². The molecule has 1 aromatic heterocycles. The summed E-state index contributed by atoms with van der Waals surface area (Å²) in [4.78, 5) is 15.2. The van der Waals surface area contributed by atoms with E-state index in [2.05, 4.69) is 94.1 Å². The first-order valence-corrected chi connectivity index (χ1v) is 23.5. The highest BCUT2D eigenvalue weighted by atomic mass is 32.2. The second kappa shape index (κ2) is 30.7. The number of benzene rings is 1. The second-order valence-electron chi connectivity index (χ2n) is 15.0. The number of nitrogens with one attached hydrogen (secondary N) is 5. The lowest BCUT2D eigenvalue weighted by atomic mass is 9.99. The quantitative estimate of drug-likeness (QED) is 0.0349. The molecule has 8 nitrogen and oxygen atoms in total. The molecule has 2 rings (SSSR count). The minimum absolute atomic E-state index is 0.00554. The van der Waals surface area contributed by atoms with E-state index >= 15 is 0 Å². The molecule has 0 aliphatic carbocycles. The van der Waals surface area contributed by atoms with E-state index in [1.54, 1.807) is 23.5 Å². The summed E-state index contributed by atoms with van der Waals surface area (Å²) in [6.45, 7) is 22.4.